The first-order valence-corrected chi connectivity index (χ1v) is 12.4. The first kappa shape index (κ1) is 24.6. The zero-order valence-electron chi connectivity index (χ0n) is 20.3. The molecule has 5 rings (SSSR count). The zero-order valence-corrected chi connectivity index (χ0v) is 20.3. The van der Waals surface area contributed by atoms with Gasteiger partial charge >= 0.3 is 0 Å². The van der Waals surface area contributed by atoms with Gasteiger partial charge in [-0.25, -0.2) is 18.3 Å². The van der Waals surface area contributed by atoms with Crippen LogP contribution in [0.15, 0.2) is 24.7 Å². The van der Waals surface area contributed by atoms with Crippen molar-refractivity contribution < 1.29 is 23.4 Å². The molecule has 2 N–H and O–H groups in total. The normalized spacial score (nSPS) is 25.0. The number of halogens is 2. The van der Waals surface area contributed by atoms with E-state index in [4.69, 9.17) is 4.74 Å². The monoisotopic (exact) mass is 503 g/mol. The first-order valence-electron chi connectivity index (χ1n) is 12.4. The quantitative estimate of drug-likeness (QED) is 0.530. The lowest BCUT2D eigenvalue weighted by atomic mass is 9.87. The van der Waals surface area contributed by atoms with Crippen molar-refractivity contribution in [2.24, 2.45) is 5.92 Å². The lowest BCUT2D eigenvalue weighted by Gasteiger charge is -2.36. The second-order valence-corrected chi connectivity index (χ2v) is 9.79. The number of hydrogen-bond acceptors (Lipinski definition) is 7. The minimum Gasteiger partial charge on any atom is -0.396 e. The SMILES string of the molecule is C[C@@H]1CN(c2ccn3ncc(C(=O)Nc4cn(C5CCC(CO)CC5)nc4C(F)F)c3n2)C[C@H](C)O1. The fourth-order valence-corrected chi connectivity index (χ4v) is 5.19. The number of fused-ring (bicyclic) bond motifs is 1. The summed E-state index contributed by atoms with van der Waals surface area (Å²) < 4.78 is 36.4. The van der Waals surface area contributed by atoms with Gasteiger partial charge in [0.15, 0.2) is 11.3 Å². The summed E-state index contributed by atoms with van der Waals surface area (Å²) in [5, 5.41) is 20.3. The molecule has 0 unspecified atom stereocenters. The van der Waals surface area contributed by atoms with Crippen LogP contribution in [0.2, 0.25) is 0 Å². The summed E-state index contributed by atoms with van der Waals surface area (Å²) in [4.78, 5) is 19.9. The van der Waals surface area contributed by atoms with Crippen LogP contribution in [0.25, 0.3) is 5.65 Å². The molecule has 1 saturated carbocycles. The van der Waals surface area contributed by atoms with E-state index in [0.717, 1.165) is 25.7 Å². The number of aromatic nitrogens is 5. The smallest absolute Gasteiger partial charge is 0.284 e. The summed E-state index contributed by atoms with van der Waals surface area (Å²) in [6.07, 6.45) is 4.93. The molecule has 36 heavy (non-hydrogen) atoms. The predicted octanol–water partition coefficient (Wildman–Crippen LogP) is 3.45. The molecule has 4 heterocycles. The molecule has 0 radical (unpaired) electrons. The maximum absolute atomic E-state index is 13.8. The van der Waals surface area contributed by atoms with Crippen LogP contribution in [0.3, 0.4) is 0 Å². The summed E-state index contributed by atoms with van der Waals surface area (Å²) in [5.74, 6) is 0.352. The molecule has 194 valence electrons. The largest absolute Gasteiger partial charge is 0.396 e. The number of ether oxygens (including phenoxy) is 1. The van der Waals surface area contributed by atoms with Gasteiger partial charge in [-0.15, -0.1) is 0 Å². The summed E-state index contributed by atoms with van der Waals surface area (Å²) in [6, 6.07) is 1.78. The third-order valence-electron chi connectivity index (χ3n) is 7.01. The summed E-state index contributed by atoms with van der Waals surface area (Å²) in [7, 11) is 0. The Kier molecular flexibility index (Phi) is 6.89. The molecule has 0 aromatic carbocycles. The van der Waals surface area contributed by atoms with Crippen molar-refractivity contribution >= 4 is 23.1 Å². The average Bonchev–Trinajstić information content (AvgIpc) is 3.47. The Bertz CT molecular complexity index is 1210. The molecule has 1 aliphatic carbocycles. The Morgan fingerprint density at radius 1 is 1.22 bits per heavy atom. The van der Waals surface area contributed by atoms with Crippen LogP contribution >= 0.6 is 0 Å². The van der Waals surface area contributed by atoms with Gasteiger partial charge in [-0.1, -0.05) is 0 Å². The van der Waals surface area contributed by atoms with Gasteiger partial charge in [-0.3, -0.25) is 9.48 Å². The molecular weight excluding hydrogens is 472 g/mol. The van der Waals surface area contributed by atoms with Crippen molar-refractivity contribution in [3.05, 3.63) is 35.9 Å². The van der Waals surface area contributed by atoms with Crippen LogP contribution < -0.4 is 10.2 Å². The highest BCUT2D eigenvalue weighted by Crippen LogP contribution is 2.34. The number of nitrogens with zero attached hydrogens (tertiary/aromatic N) is 6. The molecule has 1 amide bonds. The van der Waals surface area contributed by atoms with Crippen molar-refractivity contribution in [3.8, 4) is 0 Å². The van der Waals surface area contributed by atoms with E-state index in [0.29, 0.717) is 24.6 Å². The van der Waals surface area contributed by atoms with Gasteiger partial charge in [-0.2, -0.15) is 10.2 Å². The van der Waals surface area contributed by atoms with Gasteiger partial charge < -0.3 is 20.1 Å². The van der Waals surface area contributed by atoms with Gasteiger partial charge in [0.2, 0.25) is 0 Å². The predicted molar refractivity (Wildman–Crippen MR) is 128 cm³/mol. The molecule has 2 fully saturated rings. The highest BCUT2D eigenvalue weighted by molar-refractivity contribution is 6.08. The number of carbonyl (C=O) groups excluding carboxylic acids is 1. The van der Waals surface area contributed by atoms with Crippen molar-refractivity contribution in [2.75, 3.05) is 29.9 Å². The molecule has 3 aromatic rings. The van der Waals surface area contributed by atoms with Crippen molar-refractivity contribution in [3.63, 3.8) is 0 Å². The van der Waals surface area contributed by atoms with E-state index in [1.165, 1.54) is 21.6 Å². The highest BCUT2D eigenvalue weighted by Gasteiger charge is 2.28. The van der Waals surface area contributed by atoms with Crippen molar-refractivity contribution in [1.29, 1.82) is 0 Å². The fourth-order valence-electron chi connectivity index (χ4n) is 5.19. The van der Waals surface area contributed by atoms with E-state index < -0.39 is 18.0 Å². The highest BCUT2D eigenvalue weighted by atomic mass is 19.3. The Morgan fingerprint density at radius 3 is 2.61 bits per heavy atom. The Labute approximate surface area is 207 Å². The summed E-state index contributed by atoms with van der Waals surface area (Å²) in [5.41, 5.74) is 0.0346. The third-order valence-corrected chi connectivity index (χ3v) is 7.01. The molecule has 0 spiro atoms. The Balaban J connectivity index is 1.38. The van der Waals surface area contributed by atoms with Gasteiger partial charge in [0.1, 0.15) is 11.4 Å². The van der Waals surface area contributed by atoms with E-state index >= 15 is 0 Å². The van der Waals surface area contributed by atoms with E-state index in [2.05, 4.69) is 25.4 Å². The van der Waals surface area contributed by atoms with E-state index in [9.17, 15) is 18.7 Å². The molecule has 3 aromatic heterocycles. The topological polar surface area (TPSA) is 110 Å². The summed E-state index contributed by atoms with van der Waals surface area (Å²) in [6.45, 7) is 5.46. The molecule has 2 atom stereocenters. The first-order chi connectivity index (χ1) is 17.3. The molecule has 0 bridgehead atoms. The van der Waals surface area contributed by atoms with Crippen molar-refractivity contribution in [1.82, 2.24) is 24.4 Å². The number of amides is 1. The number of hydrogen-bond donors (Lipinski definition) is 2. The van der Waals surface area contributed by atoms with Gasteiger partial charge in [-0.05, 0) is 51.5 Å². The van der Waals surface area contributed by atoms with Crippen LogP contribution in [-0.4, -0.2) is 67.3 Å². The number of morpholine rings is 1. The number of carbonyl (C=O) groups is 1. The number of rotatable bonds is 6. The van der Waals surface area contributed by atoms with Crippen LogP contribution in [-0.2, 0) is 4.74 Å². The summed E-state index contributed by atoms with van der Waals surface area (Å²) >= 11 is 0. The number of nitrogens with one attached hydrogen (secondary N) is 1. The van der Waals surface area contributed by atoms with Crippen LogP contribution in [0, 0.1) is 5.92 Å². The van der Waals surface area contributed by atoms with Gasteiger partial charge in [0.25, 0.3) is 12.3 Å². The second kappa shape index (κ2) is 10.1. The van der Waals surface area contributed by atoms with Crippen LogP contribution in [0.5, 0.6) is 0 Å². The molecule has 2 aliphatic rings. The standard InChI is InChI=1S/C24H31F2N7O3/c1-14-10-31(11-15(2)36-14)20-7-8-32-23(29-20)18(9-27-32)24(35)28-19-12-33(30-21(19)22(25)26)17-5-3-16(13-34)4-6-17/h7-9,12,14-17,22,34H,3-6,10-11,13H2,1-2H3,(H,28,35)/t14-,15+,16?,17?. The number of aliphatic hydroxyl groups is 1. The third kappa shape index (κ3) is 4.92. The van der Waals surface area contributed by atoms with Gasteiger partial charge in [0, 0.05) is 32.1 Å². The number of alkyl halides is 2. The van der Waals surface area contributed by atoms with Crippen LogP contribution in [0.1, 0.15) is 68.0 Å². The fraction of sp³-hybridized carbons (Fsp3) is 0.583. The zero-order chi connectivity index (χ0) is 25.4. The molecule has 12 heteroatoms. The molecule has 1 saturated heterocycles. The maximum atomic E-state index is 13.8. The van der Waals surface area contributed by atoms with E-state index in [-0.39, 0.29) is 42.0 Å². The van der Waals surface area contributed by atoms with E-state index in [1.807, 2.05) is 19.9 Å². The lowest BCUT2D eigenvalue weighted by molar-refractivity contribution is -0.00545. The van der Waals surface area contributed by atoms with Gasteiger partial charge in [0.05, 0.1) is 30.1 Å². The second-order valence-electron chi connectivity index (χ2n) is 9.79. The minimum absolute atomic E-state index is 0.0226. The molecule has 10 nitrogen and oxygen atoms in total. The molecule has 1 aliphatic heterocycles. The van der Waals surface area contributed by atoms with Crippen molar-refractivity contribution in [2.45, 2.75) is 64.2 Å². The Hall–Kier alpha value is -3.12. The molecular formula is C24H31F2N7O3. The number of aliphatic hydroxyl groups excluding tert-OH is 1. The lowest BCUT2D eigenvalue weighted by Crippen LogP contribution is -2.45. The maximum Gasteiger partial charge on any atom is 0.284 e. The Morgan fingerprint density at radius 2 is 1.94 bits per heavy atom. The van der Waals surface area contributed by atoms with Crippen LogP contribution in [0.4, 0.5) is 20.3 Å². The minimum atomic E-state index is -2.84. The average molecular weight is 504 g/mol. The van der Waals surface area contributed by atoms with E-state index in [1.54, 1.807) is 6.20 Å². The number of anilines is 2.